The molecule has 2 N–H and O–H groups in total. The van der Waals surface area contributed by atoms with Crippen LogP contribution in [0.4, 0.5) is 0 Å². The minimum absolute atomic E-state index is 0.0442. The van der Waals surface area contributed by atoms with Gasteiger partial charge in [0, 0.05) is 12.6 Å². The van der Waals surface area contributed by atoms with E-state index in [-0.39, 0.29) is 18.6 Å². The first-order chi connectivity index (χ1) is 10.2. The molecule has 21 heavy (non-hydrogen) atoms. The van der Waals surface area contributed by atoms with Crippen LogP contribution in [0, 0.1) is 0 Å². The molecule has 1 aromatic carbocycles. The third kappa shape index (κ3) is 7.11. The summed E-state index contributed by atoms with van der Waals surface area (Å²) in [7, 11) is 0. The lowest BCUT2D eigenvalue weighted by atomic mass is 10.0. The summed E-state index contributed by atoms with van der Waals surface area (Å²) in [4.78, 5) is 11.6. The number of aliphatic hydroxyl groups is 1. The molecule has 0 aromatic heterocycles. The maximum absolute atomic E-state index is 11.6. The normalized spacial score (nSPS) is 12.0. The molecule has 0 bridgehead atoms. The Morgan fingerprint density at radius 3 is 2.52 bits per heavy atom. The molecule has 1 unspecified atom stereocenters. The van der Waals surface area contributed by atoms with Crippen molar-refractivity contribution in [1.82, 2.24) is 5.32 Å². The quantitative estimate of drug-likeness (QED) is 0.641. The summed E-state index contributed by atoms with van der Waals surface area (Å²) in [5.41, 5.74) is 1.11. The van der Waals surface area contributed by atoms with Crippen molar-refractivity contribution in [3.05, 3.63) is 29.8 Å². The summed E-state index contributed by atoms with van der Waals surface area (Å²) in [6.07, 6.45) is 0.992. The second-order valence-electron chi connectivity index (χ2n) is 4.66. The first kappa shape index (κ1) is 17.5. The third-order valence-electron chi connectivity index (χ3n) is 2.98. The van der Waals surface area contributed by atoms with Gasteiger partial charge < -0.3 is 19.9 Å². The third-order valence-corrected chi connectivity index (χ3v) is 2.98. The van der Waals surface area contributed by atoms with Gasteiger partial charge in [0.1, 0.15) is 5.75 Å². The highest BCUT2D eigenvalue weighted by Crippen LogP contribution is 2.14. The highest BCUT2D eigenvalue weighted by Gasteiger charge is 2.14. The molecule has 1 rings (SSSR count). The minimum Gasteiger partial charge on any atom is -0.494 e. The van der Waals surface area contributed by atoms with Gasteiger partial charge in [-0.2, -0.15) is 0 Å². The van der Waals surface area contributed by atoms with Crippen molar-refractivity contribution in [2.24, 2.45) is 0 Å². The molecule has 0 aliphatic rings. The van der Waals surface area contributed by atoms with E-state index in [4.69, 9.17) is 14.6 Å². The van der Waals surface area contributed by atoms with E-state index < -0.39 is 0 Å². The second kappa shape index (κ2) is 10.2. The van der Waals surface area contributed by atoms with Crippen LogP contribution in [0.3, 0.4) is 0 Å². The number of ether oxygens (including phenoxy) is 2. The smallest absolute Gasteiger partial charge is 0.307 e. The van der Waals surface area contributed by atoms with Gasteiger partial charge in [-0.15, -0.1) is 0 Å². The zero-order valence-corrected chi connectivity index (χ0v) is 12.8. The molecule has 0 saturated heterocycles. The number of hydrogen-bond acceptors (Lipinski definition) is 5. The van der Waals surface area contributed by atoms with Crippen LogP contribution >= 0.6 is 0 Å². The summed E-state index contributed by atoms with van der Waals surface area (Å²) < 4.78 is 10.4. The largest absolute Gasteiger partial charge is 0.494 e. The monoisotopic (exact) mass is 295 g/mol. The molecule has 0 fully saturated rings. The van der Waals surface area contributed by atoms with Gasteiger partial charge in [0.05, 0.1) is 26.2 Å². The molecular weight excluding hydrogens is 270 g/mol. The topological polar surface area (TPSA) is 67.8 Å². The zero-order chi connectivity index (χ0) is 15.5. The van der Waals surface area contributed by atoms with Crippen molar-refractivity contribution in [1.29, 1.82) is 0 Å². The summed E-state index contributed by atoms with van der Waals surface area (Å²) in [6, 6.07) is 7.78. The van der Waals surface area contributed by atoms with Gasteiger partial charge in [-0.1, -0.05) is 12.1 Å². The number of rotatable bonds is 10. The number of nitrogens with one attached hydrogen (secondary N) is 1. The number of hydrogen-bond donors (Lipinski definition) is 2. The summed E-state index contributed by atoms with van der Waals surface area (Å²) in [5.74, 6) is 0.616. The molecule has 5 nitrogen and oxygen atoms in total. The van der Waals surface area contributed by atoms with Crippen molar-refractivity contribution in [3.8, 4) is 5.75 Å². The van der Waals surface area contributed by atoms with Crippen LogP contribution in [0.1, 0.15) is 25.8 Å². The van der Waals surface area contributed by atoms with E-state index in [1.54, 1.807) is 6.92 Å². The molecule has 5 heteroatoms. The van der Waals surface area contributed by atoms with Crippen LogP contribution in [0.5, 0.6) is 5.75 Å². The van der Waals surface area contributed by atoms with Crippen LogP contribution in [-0.2, 0) is 16.0 Å². The predicted octanol–water partition coefficient (Wildman–Crippen LogP) is 1.53. The Balaban J connectivity index is 2.59. The van der Waals surface area contributed by atoms with Gasteiger partial charge >= 0.3 is 5.97 Å². The maximum Gasteiger partial charge on any atom is 0.307 e. The fourth-order valence-corrected chi connectivity index (χ4v) is 2.08. The summed E-state index contributed by atoms with van der Waals surface area (Å²) in [5, 5.41) is 12.1. The Morgan fingerprint density at radius 1 is 1.24 bits per heavy atom. The SMILES string of the molecule is CCOC(=O)CC(Cc1ccc(OCC)cc1)NCCO. The fraction of sp³-hybridized carbons (Fsp3) is 0.562. The van der Waals surface area contributed by atoms with Crippen LogP contribution < -0.4 is 10.1 Å². The first-order valence-electron chi connectivity index (χ1n) is 7.41. The van der Waals surface area contributed by atoms with Gasteiger partial charge in [0.15, 0.2) is 0 Å². The van der Waals surface area contributed by atoms with Crippen molar-refractivity contribution < 1.29 is 19.4 Å². The zero-order valence-electron chi connectivity index (χ0n) is 12.8. The van der Waals surface area contributed by atoms with E-state index in [0.29, 0.717) is 32.6 Å². The van der Waals surface area contributed by atoms with E-state index in [9.17, 15) is 4.79 Å². The summed E-state index contributed by atoms with van der Waals surface area (Å²) in [6.45, 7) is 5.27. The molecule has 118 valence electrons. The van der Waals surface area contributed by atoms with Crippen LogP contribution in [0.2, 0.25) is 0 Å². The Morgan fingerprint density at radius 2 is 1.95 bits per heavy atom. The van der Waals surface area contributed by atoms with Crippen molar-refractivity contribution in [3.63, 3.8) is 0 Å². The number of esters is 1. The number of carbonyl (C=O) groups is 1. The number of aliphatic hydroxyl groups excluding tert-OH is 1. The molecule has 0 saturated carbocycles. The number of carbonyl (C=O) groups excluding carboxylic acids is 1. The van der Waals surface area contributed by atoms with E-state index in [1.807, 2.05) is 31.2 Å². The van der Waals surface area contributed by atoms with E-state index in [0.717, 1.165) is 11.3 Å². The van der Waals surface area contributed by atoms with Gasteiger partial charge in [0.25, 0.3) is 0 Å². The Bertz CT molecular complexity index is 405. The lowest BCUT2D eigenvalue weighted by Crippen LogP contribution is -2.35. The Labute approximate surface area is 126 Å². The lowest BCUT2D eigenvalue weighted by Gasteiger charge is -2.17. The molecule has 0 heterocycles. The first-order valence-corrected chi connectivity index (χ1v) is 7.41. The molecule has 0 amide bonds. The Hall–Kier alpha value is -1.59. The molecule has 1 aromatic rings. The van der Waals surface area contributed by atoms with Crippen molar-refractivity contribution >= 4 is 5.97 Å². The molecular formula is C16H25NO4. The molecule has 0 spiro atoms. The van der Waals surface area contributed by atoms with Crippen molar-refractivity contribution in [2.75, 3.05) is 26.4 Å². The second-order valence-corrected chi connectivity index (χ2v) is 4.66. The van der Waals surface area contributed by atoms with Crippen LogP contribution in [0.15, 0.2) is 24.3 Å². The van der Waals surface area contributed by atoms with Crippen LogP contribution in [0.25, 0.3) is 0 Å². The minimum atomic E-state index is -0.223. The average molecular weight is 295 g/mol. The van der Waals surface area contributed by atoms with Gasteiger partial charge in [0.2, 0.25) is 0 Å². The molecule has 1 atom stereocenters. The van der Waals surface area contributed by atoms with E-state index in [1.165, 1.54) is 0 Å². The maximum atomic E-state index is 11.6. The standard InChI is InChI=1S/C16H25NO4/c1-3-20-15-7-5-13(6-8-15)11-14(17-9-10-18)12-16(19)21-4-2/h5-8,14,17-18H,3-4,9-12H2,1-2H3. The lowest BCUT2D eigenvalue weighted by molar-refractivity contribution is -0.143. The fourth-order valence-electron chi connectivity index (χ4n) is 2.08. The highest BCUT2D eigenvalue weighted by atomic mass is 16.5. The molecule has 0 radical (unpaired) electrons. The molecule has 0 aliphatic carbocycles. The van der Waals surface area contributed by atoms with Crippen LogP contribution in [-0.4, -0.2) is 43.5 Å². The predicted molar refractivity (Wildman–Crippen MR) is 81.4 cm³/mol. The highest BCUT2D eigenvalue weighted by molar-refractivity contribution is 5.70. The van der Waals surface area contributed by atoms with Crippen molar-refractivity contribution in [2.45, 2.75) is 32.7 Å². The molecule has 0 aliphatic heterocycles. The van der Waals surface area contributed by atoms with E-state index in [2.05, 4.69) is 5.32 Å². The Kier molecular flexibility index (Phi) is 8.47. The van der Waals surface area contributed by atoms with E-state index >= 15 is 0 Å². The number of benzene rings is 1. The van der Waals surface area contributed by atoms with Gasteiger partial charge in [-0.05, 0) is 38.0 Å². The average Bonchev–Trinajstić information content (AvgIpc) is 2.47. The summed E-state index contributed by atoms with van der Waals surface area (Å²) >= 11 is 0. The van der Waals surface area contributed by atoms with Gasteiger partial charge in [-0.3, -0.25) is 4.79 Å². The van der Waals surface area contributed by atoms with Gasteiger partial charge in [-0.25, -0.2) is 0 Å².